The Labute approximate surface area is 115 Å². The Bertz CT molecular complexity index is 398. The van der Waals surface area contributed by atoms with E-state index in [1.807, 2.05) is 6.07 Å². The molecule has 0 saturated carbocycles. The van der Waals surface area contributed by atoms with E-state index in [2.05, 4.69) is 28.2 Å². The van der Waals surface area contributed by atoms with Crippen LogP contribution in [0.4, 0.5) is 5.69 Å². The molecule has 1 amide bonds. The van der Waals surface area contributed by atoms with Gasteiger partial charge in [-0.2, -0.15) is 0 Å². The minimum atomic E-state index is -0.477. The fourth-order valence-electron chi connectivity index (χ4n) is 1.37. The van der Waals surface area contributed by atoms with Crippen molar-refractivity contribution in [3.63, 3.8) is 0 Å². The first-order valence-electron chi connectivity index (χ1n) is 5.56. The Balaban J connectivity index is 2.61. The first kappa shape index (κ1) is 14.5. The van der Waals surface area contributed by atoms with Gasteiger partial charge < -0.3 is 11.1 Å². The molecule has 0 aliphatic heterocycles. The van der Waals surface area contributed by atoms with Crippen molar-refractivity contribution in [3.8, 4) is 0 Å². The van der Waals surface area contributed by atoms with Gasteiger partial charge >= 0.3 is 0 Å². The van der Waals surface area contributed by atoms with E-state index in [1.165, 1.54) is 0 Å². The number of hydrogen-bond acceptors (Lipinski definition) is 2. The molecule has 0 bridgehead atoms. The van der Waals surface area contributed by atoms with Crippen LogP contribution < -0.4 is 11.1 Å². The normalized spacial score (nSPS) is 12.2. The molecule has 1 aromatic carbocycles. The maximum atomic E-state index is 11.7. The maximum Gasteiger partial charge on any atom is 0.241 e. The summed E-state index contributed by atoms with van der Waals surface area (Å²) < 4.78 is 0.871. The van der Waals surface area contributed by atoms with Crippen molar-refractivity contribution in [2.24, 2.45) is 5.73 Å². The molecule has 0 aliphatic carbocycles. The lowest BCUT2D eigenvalue weighted by Gasteiger charge is -2.12. The molecule has 0 aromatic heterocycles. The molecule has 0 aliphatic rings. The predicted octanol–water partition coefficient (Wildman–Crippen LogP) is 3.56. The Kier molecular flexibility index (Phi) is 5.95. The van der Waals surface area contributed by atoms with Crippen LogP contribution in [0, 0.1) is 0 Å². The summed E-state index contributed by atoms with van der Waals surface area (Å²) in [6.45, 7) is 2.07. The third kappa shape index (κ3) is 4.66. The lowest BCUT2D eigenvalue weighted by molar-refractivity contribution is -0.117. The van der Waals surface area contributed by atoms with Gasteiger partial charge in [0.15, 0.2) is 0 Å². The Hall–Kier alpha value is -0.580. The van der Waals surface area contributed by atoms with Gasteiger partial charge in [0.1, 0.15) is 0 Å². The molecular weight excluding hydrogens is 304 g/mol. The zero-order valence-corrected chi connectivity index (χ0v) is 12.0. The highest BCUT2D eigenvalue weighted by Gasteiger charge is 2.14. The van der Waals surface area contributed by atoms with E-state index in [9.17, 15) is 4.79 Å². The lowest BCUT2D eigenvalue weighted by atomic mass is 10.1. The first-order valence-corrected chi connectivity index (χ1v) is 6.73. The zero-order valence-electron chi connectivity index (χ0n) is 9.67. The van der Waals surface area contributed by atoms with E-state index in [0.29, 0.717) is 17.1 Å². The fraction of sp³-hybridized carbons (Fsp3) is 0.417. The van der Waals surface area contributed by atoms with Gasteiger partial charge in [-0.05, 0) is 24.6 Å². The number of hydrogen-bond donors (Lipinski definition) is 2. The lowest BCUT2D eigenvalue weighted by Crippen LogP contribution is -2.35. The van der Waals surface area contributed by atoms with Crippen LogP contribution in [0.5, 0.6) is 0 Å². The minimum absolute atomic E-state index is 0.192. The monoisotopic (exact) mass is 318 g/mol. The van der Waals surface area contributed by atoms with Gasteiger partial charge in [0.25, 0.3) is 0 Å². The van der Waals surface area contributed by atoms with Gasteiger partial charge in [-0.1, -0.05) is 47.3 Å². The summed E-state index contributed by atoms with van der Waals surface area (Å²) in [5.41, 5.74) is 6.36. The molecule has 0 radical (unpaired) electrons. The van der Waals surface area contributed by atoms with Gasteiger partial charge in [0.2, 0.25) is 5.91 Å². The van der Waals surface area contributed by atoms with Crippen LogP contribution in [0.2, 0.25) is 5.02 Å². The van der Waals surface area contributed by atoms with Crippen molar-refractivity contribution in [2.75, 3.05) is 5.32 Å². The topological polar surface area (TPSA) is 55.1 Å². The summed E-state index contributed by atoms with van der Waals surface area (Å²) in [5, 5.41) is 3.23. The van der Waals surface area contributed by atoms with E-state index in [1.54, 1.807) is 12.1 Å². The second kappa shape index (κ2) is 6.99. The molecule has 3 nitrogen and oxygen atoms in total. The molecule has 5 heteroatoms. The maximum absolute atomic E-state index is 11.7. The molecular formula is C12H16BrClN2O. The van der Waals surface area contributed by atoms with Crippen molar-refractivity contribution in [1.82, 2.24) is 0 Å². The van der Waals surface area contributed by atoms with Crippen molar-refractivity contribution in [1.29, 1.82) is 0 Å². The average molecular weight is 320 g/mol. The Morgan fingerprint density at radius 3 is 2.88 bits per heavy atom. The standard InChI is InChI=1S/C12H16BrClN2O/c1-2-3-4-10(15)12(17)16-11-6-5-8(13)7-9(11)14/h5-7,10H,2-4,15H2,1H3,(H,16,17)/t10-/m0/s1. The van der Waals surface area contributed by atoms with E-state index < -0.39 is 6.04 Å². The number of anilines is 1. The minimum Gasteiger partial charge on any atom is -0.323 e. The SMILES string of the molecule is CCCC[C@H](N)C(=O)Nc1ccc(Br)cc1Cl. The summed E-state index contributed by atoms with van der Waals surface area (Å²) in [6, 6.07) is 4.82. The number of benzene rings is 1. The van der Waals surface area contributed by atoms with Gasteiger partial charge in [0.05, 0.1) is 16.8 Å². The summed E-state index contributed by atoms with van der Waals surface area (Å²) in [4.78, 5) is 11.7. The molecule has 94 valence electrons. The highest BCUT2D eigenvalue weighted by atomic mass is 79.9. The van der Waals surface area contributed by atoms with Crippen LogP contribution in [0.3, 0.4) is 0 Å². The molecule has 1 atom stereocenters. The third-order valence-electron chi connectivity index (χ3n) is 2.39. The van der Waals surface area contributed by atoms with Crippen molar-refractivity contribution in [3.05, 3.63) is 27.7 Å². The van der Waals surface area contributed by atoms with E-state index in [-0.39, 0.29) is 5.91 Å². The van der Waals surface area contributed by atoms with Crippen LogP contribution in [-0.4, -0.2) is 11.9 Å². The molecule has 0 heterocycles. The van der Waals surface area contributed by atoms with E-state index >= 15 is 0 Å². The highest BCUT2D eigenvalue weighted by molar-refractivity contribution is 9.10. The number of nitrogens with two attached hydrogens (primary N) is 1. The first-order chi connectivity index (χ1) is 8.04. The Morgan fingerprint density at radius 1 is 1.59 bits per heavy atom. The molecule has 1 aromatic rings. The smallest absolute Gasteiger partial charge is 0.241 e. The van der Waals surface area contributed by atoms with Gasteiger partial charge in [-0.15, -0.1) is 0 Å². The van der Waals surface area contributed by atoms with Gasteiger partial charge in [-0.25, -0.2) is 0 Å². The molecule has 0 spiro atoms. The Morgan fingerprint density at radius 2 is 2.29 bits per heavy atom. The van der Waals surface area contributed by atoms with Crippen molar-refractivity contribution in [2.45, 2.75) is 32.2 Å². The van der Waals surface area contributed by atoms with Crippen LogP contribution in [0.25, 0.3) is 0 Å². The number of carbonyl (C=O) groups is 1. The summed E-state index contributed by atoms with van der Waals surface area (Å²) in [5.74, 6) is -0.192. The van der Waals surface area contributed by atoms with Crippen LogP contribution in [0.15, 0.2) is 22.7 Å². The molecule has 0 unspecified atom stereocenters. The second-order valence-electron chi connectivity index (χ2n) is 3.86. The number of unbranched alkanes of at least 4 members (excludes halogenated alkanes) is 1. The van der Waals surface area contributed by atoms with E-state index in [4.69, 9.17) is 17.3 Å². The number of rotatable bonds is 5. The fourth-order valence-corrected chi connectivity index (χ4v) is 2.09. The quantitative estimate of drug-likeness (QED) is 0.872. The number of amides is 1. The molecule has 0 saturated heterocycles. The number of carbonyl (C=O) groups excluding carboxylic acids is 1. The molecule has 17 heavy (non-hydrogen) atoms. The number of halogens is 2. The predicted molar refractivity (Wildman–Crippen MR) is 75.3 cm³/mol. The van der Waals surface area contributed by atoms with Crippen LogP contribution in [-0.2, 0) is 4.79 Å². The largest absolute Gasteiger partial charge is 0.323 e. The van der Waals surface area contributed by atoms with E-state index in [0.717, 1.165) is 17.3 Å². The van der Waals surface area contributed by atoms with Crippen LogP contribution in [0.1, 0.15) is 26.2 Å². The van der Waals surface area contributed by atoms with Gasteiger partial charge in [0, 0.05) is 4.47 Å². The van der Waals surface area contributed by atoms with Crippen LogP contribution >= 0.6 is 27.5 Å². The molecule has 3 N–H and O–H groups in total. The zero-order chi connectivity index (χ0) is 12.8. The summed E-state index contributed by atoms with van der Waals surface area (Å²) in [6.07, 6.45) is 2.67. The average Bonchev–Trinajstić information content (AvgIpc) is 2.29. The summed E-state index contributed by atoms with van der Waals surface area (Å²) >= 11 is 9.30. The van der Waals surface area contributed by atoms with Gasteiger partial charge in [-0.3, -0.25) is 4.79 Å². The number of nitrogens with one attached hydrogen (secondary N) is 1. The van der Waals surface area contributed by atoms with Crippen molar-refractivity contribution >= 4 is 39.1 Å². The second-order valence-corrected chi connectivity index (χ2v) is 5.19. The highest BCUT2D eigenvalue weighted by Crippen LogP contribution is 2.25. The third-order valence-corrected chi connectivity index (χ3v) is 3.20. The van der Waals surface area contributed by atoms with Crippen molar-refractivity contribution < 1.29 is 4.79 Å². The molecule has 1 rings (SSSR count). The molecule has 0 fully saturated rings. The summed E-state index contributed by atoms with van der Waals surface area (Å²) in [7, 11) is 0.